The average molecular weight is 280 g/mol. The molecule has 4 nitrogen and oxygen atoms in total. The molecule has 0 unspecified atom stereocenters. The lowest BCUT2D eigenvalue weighted by Gasteiger charge is -2.10. The van der Waals surface area contributed by atoms with Gasteiger partial charge in [-0.3, -0.25) is 9.97 Å². The molecule has 0 saturated carbocycles. The van der Waals surface area contributed by atoms with Crippen molar-refractivity contribution in [2.24, 2.45) is 0 Å². The number of hydrogen-bond donors (Lipinski definition) is 1. The van der Waals surface area contributed by atoms with Crippen LogP contribution in [0.5, 0.6) is 0 Å². The van der Waals surface area contributed by atoms with E-state index in [9.17, 15) is 4.39 Å². The van der Waals surface area contributed by atoms with Crippen LogP contribution >= 0.6 is 0 Å². The van der Waals surface area contributed by atoms with Crippen molar-refractivity contribution in [3.8, 4) is 11.3 Å². The third kappa shape index (κ3) is 3.02. The summed E-state index contributed by atoms with van der Waals surface area (Å²) in [4.78, 5) is 12.5. The maximum Gasteiger partial charge on any atom is 0.152 e. The molecule has 5 heteroatoms. The maximum absolute atomic E-state index is 13.9. The van der Waals surface area contributed by atoms with Gasteiger partial charge in [0.15, 0.2) is 5.82 Å². The molecule has 104 valence electrons. The van der Waals surface area contributed by atoms with E-state index in [4.69, 9.17) is 0 Å². The second kappa shape index (κ2) is 6.09. The lowest BCUT2D eigenvalue weighted by Crippen LogP contribution is -2.04. The van der Waals surface area contributed by atoms with Crippen molar-refractivity contribution >= 4 is 5.82 Å². The second-order valence-electron chi connectivity index (χ2n) is 4.44. The van der Waals surface area contributed by atoms with Crippen LogP contribution in [0.15, 0.2) is 61.2 Å². The van der Waals surface area contributed by atoms with Crippen LogP contribution in [0.25, 0.3) is 11.3 Å². The van der Waals surface area contributed by atoms with Crippen LogP contribution in [-0.4, -0.2) is 15.0 Å². The number of pyridine rings is 1. The lowest BCUT2D eigenvalue weighted by atomic mass is 10.1. The molecule has 3 rings (SSSR count). The fourth-order valence-corrected chi connectivity index (χ4v) is 2.00. The first-order chi connectivity index (χ1) is 10.3. The van der Waals surface area contributed by atoms with E-state index in [0.717, 1.165) is 5.56 Å². The van der Waals surface area contributed by atoms with Gasteiger partial charge in [0.05, 0.1) is 0 Å². The van der Waals surface area contributed by atoms with Crippen LogP contribution in [0, 0.1) is 5.82 Å². The molecule has 0 aliphatic heterocycles. The Bertz CT molecular complexity index is 731. The smallest absolute Gasteiger partial charge is 0.152 e. The molecule has 3 aromatic rings. The minimum absolute atomic E-state index is 0.315. The fourth-order valence-electron chi connectivity index (χ4n) is 2.00. The predicted molar refractivity (Wildman–Crippen MR) is 79.0 cm³/mol. The third-order valence-electron chi connectivity index (χ3n) is 3.04. The molecule has 2 aromatic heterocycles. The van der Waals surface area contributed by atoms with E-state index in [2.05, 4.69) is 20.3 Å². The summed E-state index contributed by atoms with van der Waals surface area (Å²) < 4.78 is 13.9. The molecule has 0 aliphatic rings. The van der Waals surface area contributed by atoms with Gasteiger partial charge >= 0.3 is 0 Å². The molecule has 0 radical (unpaired) electrons. The van der Waals surface area contributed by atoms with Crippen LogP contribution in [0.2, 0.25) is 0 Å². The van der Waals surface area contributed by atoms with E-state index >= 15 is 0 Å². The molecule has 0 spiro atoms. The van der Waals surface area contributed by atoms with Crippen molar-refractivity contribution in [2.75, 3.05) is 5.32 Å². The van der Waals surface area contributed by atoms with Gasteiger partial charge < -0.3 is 5.32 Å². The summed E-state index contributed by atoms with van der Waals surface area (Å²) in [5, 5.41) is 3.19. The number of hydrogen-bond acceptors (Lipinski definition) is 4. The molecular formula is C16H13FN4. The highest BCUT2D eigenvalue weighted by Gasteiger charge is 2.11. The highest BCUT2D eigenvalue weighted by Crippen LogP contribution is 2.26. The van der Waals surface area contributed by atoms with Gasteiger partial charge in [0, 0.05) is 36.9 Å². The van der Waals surface area contributed by atoms with Crippen molar-refractivity contribution in [2.45, 2.75) is 6.54 Å². The Kier molecular flexibility index (Phi) is 3.82. The maximum atomic E-state index is 13.9. The summed E-state index contributed by atoms with van der Waals surface area (Å²) in [6.45, 7) is 0.572. The van der Waals surface area contributed by atoms with Gasteiger partial charge in [-0.1, -0.05) is 12.1 Å². The van der Waals surface area contributed by atoms with E-state index in [1.165, 1.54) is 6.07 Å². The van der Waals surface area contributed by atoms with Gasteiger partial charge in [-0.2, -0.15) is 0 Å². The fraction of sp³-hybridized carbons (Fsp3) is 0.0625. The van der Waals surface area contributed by atoms with E-state index in [-0.39, 0.29) is 5.82 Å². The average Bonchev–Trinajstić information content (AvgIpc) is 2.55. The molecule has 0 aliphatic carbocycles. The summed E-state index contributed by atoms with van der Waals surface area (Å²) >= 11 is 0. The quantitative estimate of drug-likeness (QED) is 0.796. The van der Waals surface area contributed by atoms with Crippen LogP contribution < -0.4 is 5.32 Å². The standard InChI is InChI=1S/C16H13FN4/c17-14-4-2-1-3-13(14)15-16(20-10-9-19-15)21-11-12-5-7-18-8-6-12/h1-10H,11H2,(H,20,21). The summed E-state index contributed by atoms with van der Waals surface area (Å²) in [6.07, 6.45) is 6.59. The van der Waals surface area contributed by atoms with E-state index in [0.29, 0.717) is 23.6 Å². The summed E-state index contributed by atoms with van der Waals surface area (Å²) in [7, 11) is 0. The highest BCUT2D eigenvalue weighted by molar-refractivity contribution is 5.71. The second-order valence-corrected chi connectivity index (χ2v) is 4.44. The van der Waals surface area contributed by atoms with Gasteiger partial charge in [-0.05, 0) is 29.8 Å². The van der Waals surface area contributed by atoms with Crippen LogP contribution in [0.3, 0.4) is 0 Å². The molecule has 0 fully saturated rings. The first kappa shape index (κ1) is 13.2. The summed E-state index contributed by atoms with van der Waals surface area (Å²) in [5.41, 5.74) is 2.00. The van der Waals surface area contributed by atoms with Gasteiger partial charge in [0.25, 0.3) is 0 Å². The predicted octanol–water partition coefficient (Wildman–Crippen LogP) is 3.29. The molecule has 2 heterocycles. The zero-order valence-electron chi connectivity index (χ0n) is 11.2. The Morgan fingerprint density at radius 2 is 1.67 bits per heavy atom. The molecule has 1 N–H and O–H groups in total. The molecule has 0 amide bonds. The molecule has 0 atom stereocenters. The van der Waals surface area contributed by atoms with Crippen molar-refractivity contribution in [1.29, 1.82) is 0 Å². The van der Waals surface area contributed by atoms with Crippen molar-refractivity contribution in [3.63, 3.8) is 0 Å². The number of halogens is 1. The van der Waals surface area contributed by atoms with Gasteiger partial charge in [0.1, 0.15) is 11.5 Å². The monoisotopic (exact) mass is 280 g/mol. The minimum atomic E-state index is -0.315. The molecule has 0 bridgehead atoms. The normalized spacial score (nSPS) is 10.3. The summed E-state index contributed by atoms with van der Waals surface area (Å²) in [6, 6.07) is 10.4. The van der Waals surface area contributed by atoms with Crippen molar-refractivity contribution in [3.05, 3.63) is 72.6 Å². The van der Waals surface area contributed by atoms with Crippen LogP contribution in [-0.2, 0) is 6.54 Å². The SMILES string of the molecule is Fc1ccccc1-c1nccnc1NCc1ccncc1. The number of anilines is 1. The molecule has 1 aromatic carbocycles. The topological polar surface area (TPSA) is 50.7 Å². The van der Waals surface area contributed by atoms with E-state index in [1.54, 1.807) is 43.0 Å². The Morgan fingerprint density at radius 1 is 0.905 bits per heavy atom. The zero-order valence-corrected chi connectivity index (χ0v) is 11.2. The van der Waals surface area contributed by atoms with Crippen molar-refractivity contribution < 1.29 is 4.39 Å². The number of rotatable bonds is 4. The van der Waals surface area contributed by atoms with Gasteiger partial charge in [0.2, 0.25) is 0 Å². The van der Waals surface area contributed by atoms with Gasteiger partial charge in [-0.25, -0.2) is 9.37 Å². The first-order valence-electron chi connectivity index (χ1n) is 6.53. The Morgan fingerprint density at radius 3 is 2.48 bits per heavy atom. The lowest BCUT2D eigenvalue weighted by molar-refractivity contribution is 0.630. The molecule has 0 saturated heterocycles. The highest BCUT2D eigenvalue weighted by atomic mass is 19.1. The third-order valence-corrected chi connectivity index (χ3v) is 3.04. The number of nitrogens with zero attached hydrogens (tertiary/aromatic N) is 3. The van der Waals surface area contributed by atoms with Gasteiger partial charge in [-0.15, -0.1) is 0 Å². The van der Waals surface area contributed by atoms with Crippen molar-refractivity contribution in [1.82, 2.24) is 15.0 Å². The Labute approximate surface area is 121 Å². The number of nitrogens with one attached hydrogen (secondary N) is 1. The number of aromatic nitrogens is 3. The molecular weight excluding hydrogens is 267 g/mol. The van der Waals surface area contributed by atoms with E-state index < -0.39 is 0 Å². The Balaban J connectivity index is 1.88. The summed E-state index contributed by atoms with van der Waals surface area (Å²) in [5.74, 6) is 0.240. The van der Waals surface area contributed by atoms with E-state index in [1.807, 2.05) is 12.1 Å². The zero-order chi connectivity index (χ0) is 14.5. The molecule has 21 heavy (non-hydrogen) atoms. The number of benzene rings is 1. The Hall–Kier alpha value is -2.82. The van der Waals surface area contributed by atoms with Crippen LogP contribution in [0.4, 0.5) is 10.2 Å². The first-order valence-corrected chi connectivity index (χ1v) is 6.53. The van der Waals surface area contributed by atoms with Crippen LogP contribution in [0.1, 0.15) is 5.56 Å². The minimum Gasteiger partial charge on any atom is -0.364 e. The largest absolute Gasteiger partial charge is 0.364 e.